The molecule has 2 fully saturated rings. The average Bonchev–Trinajstić information content (AvgIpc) is 3.08. The molecule has 2 saturated heterocycles. The van der Waals surface area contributed by atoms with Gasteiger partial charge in [-0.1, -0.05) is 6.92 Å². The van der Waals surface area contributed by atoms with Crippen molar-refractivity contribution in [1.82, 2.24) is 21.5 Å². The van der Waals surface area contributed by atoms with Gasteiger partial charge in [0.1, 0.15) is 48.2 Å². The Bertz CT molecular complexity index is 1100. The van der Waals surface area contributed by atoms with Crippen LogP contribution in [0.2, 0.25) is 0 Å². The molecule has 2 aliphatic heterocycles. The maximum atomic E-state index is 13.1. The molecule has 11 atom stereocenters. The van der Waals surface area contributed by atoms with E-state index in [0.29, 0.717) is 19.3 Å². The van der Waals surface area contributed by atoms with Gasteiger partial charge in [-0.3, -0.25) is 29.4 Å². The summed E-state index contributed by atoms with van der Waals surface area (Å²) < 4.78 is 21.5. The predicted molar refractivity (Wildman–Crippen MR) is 170 cm³/mol. The lowest BCUT2D eigenvalue weighted by molar-refractivity contribution is -0.292. The molecule has 19 nitrogen and oxygen atoms in total. The standard InChI is InChI=1S/C31H54N4O15/c1-4-19(36)15-34-35-21(38)8-6-5-7-20(37)13-18(29(46)33-10-12-48-31-28(45)26(43)24(41)17(3)50-31)14-22(39)32-9-11-47-30-27(44)25(42)23(40)16(2)49-30/h16-18,23-28,30-31,34,40-45H,4-15H2,1-3H3,(H,32,39)(H,33,46)(H,35,38)/t16-,17-,18-,23+,24+,25+,26+,27-,28-,30+,31+/m0/s1. The topological polar surface area (TPSA) is 292 Å². The predicted octanol–water partition coefficient (Wildman–Crippen LogP) is -3.97. The number of hydrogen-bond donors (Lipinski definition) is 10. The van der Waals surface area contributed by atoms with Crippen molar-refractivity contribution in [3.63, 3.8) is 0 Å². The highest BCUT2D eigenvalue weighted by molar-refractivity contribution is 5.90. The number of carbonyl (C=O) groups excluding carboxylic acids is 5. The number of rotatable bonds is 22. The van der Waals surface area contributed by atoms with Gasteiger partial charge in [-0.2, -0.15) is 0 Å². The van der Waals surface area contributed by atoms with Crippen LogP contribution in [0.3, 0.4) is 0 Å². The van der Waals surface area contributed by atoms with Crippen molar-refractivity contribution in [3.05, 3.63) is 0 Å². The number of hydrazine groups is 1. The fourth-order valence-corrected chi connectivity index (χ4v) is 5.13. The van der Waals surface area contributed by atoms with Crippen LogP contribution in [0, 0.1) is 5.92 Å². The van der Waals surface area contributed by atoms with Crippen LogP contribution in [0.5, 0.6) is 0 Å². The maximum Gasteiger partial charge on any atom is 0.234 e. The van der Waals surface area contributed by atoms with Crippen LogP contribution in [-0.2, 0) is 42.9 Å². The lowest BCUT2D eigenvalue weighted by Gasteiger charge is -2.38. The van der Waals surface area contributed by atoms with E-state index in [4.69, 9.17) is 18.9 Å². The van der Waals surface area contributed by atoms with Crippen LogP contribution in [0.25, 0.3) is 0 Å². The summed E-state index contributed by atoms with van der Waals surface area (Å²) in [6.07, 6.45) is -12.3. The molecule has 50 heavy (non-hydrogen) atoms. The van der Waals surface area contributed by atoms with E-state index in [2.05, 4.69) is 21.5 Å². The molecule has 19 heteroatoms. The first-order valence-corrected chi connectivity index (χ1v) is 16.9. The number of aliphatic hydroxyl groups excluding tert-OH is 6. The number of hydrogen-bond acceptors (Lipinski definition) is 16. The van der Waals surface area contributed by atoms with Gasteiger partial charge in [-0.15, -0.1) is 0 Å². The number of unbranched alkanes of at least 4 members (excludes halogenated alkanes) is 1. The quantitative estimate of drug-likeness (QED) is 0.0377. The summed E-state index contributed by atoms with van der Waals surface area (Å²) in [5, 5.41) is 64.8. The molecule has 0 aromatic heterocycles. The molecule has 3 amide bonds. The van der Waals surface area contributed by atoms with E-state index in [0.717, 1.165) is 0 Å². The summed E-state index contributed by atoms with van der Waals surface area (Å²) in [6.45, 7) is 4.21. The van der Waals surface area contributed by atoms with E-state index < -0.39 is 79.1 Å². The van der Waals surface area contributed by atoms with Crippen LogP contribution in [0.15, 0.2) is 0 Å². The Morgan fingerprint density at radius 3 is 1.72 bits per heavy atom. The van der Waals surface area contributed by atoms with Crippen LogP contribution < -0.4 is 21.5 Å². The molecule has 0 radical (unpaired) electrons. The van der Waals surface area contributed by atoms with Crippen molar-refractivity contribution in [2.24, 2.45) is 5.92 Å². The van der Waals surface area contributed by atoms with Crippen LogP contribution >= 0.6 is 0 Å². The lowest BCUT2D eigenvalue weighted by Crippen LogP contribution is -2.57. The van der Waals surface area contributed by atoms with Crippen molar-refractivity contribution < 1.29 is 73.6 Å². The average molecular weight is 723 g/mol. The molecule has 0 saturated carbocycles. The Morgan fingerprint density at radius 2 is 1.18 bits per heavy atom. The first kappa shape index (κ1) is 43.5. The fourth-order valence-electron chi connectivity index (χ4n) is 5.13. The molecule has 0 bridgehead atoms. The number of Topliss-reactive ketones (excluding diaryl/α,β-unsaturated/α-hetero) is 2. The van der Waals surface area contributed by atoms with Gasteiger partial charge in [0.2, 0.25) is 17.7 Å². The maximum absolute atomic E-state index is 13.1. The van der Waals surface area contributed by atoms with Gasteiger partial charge in [-0.25, -0.2) is 5.43 Å². The van der Waals surface area contributed by atoms with Gasteiger partial charge >= 0.3 is 0 Å². The van der Waals surface area contributed by atoms with Gasteiger partial charge in [0.05, 0.1) is 37.9 Å². The summed E-state index contributed by atoms with van der Waals surface area (Å²) in [7, 11) is 0. The Balaban J connectivity index is 1.85. The van der Waals surface area contributed by atoms with Gasteiger partial charge < -0.3 is 60.2 Å². The van der Waals surface area contributed by atoms with Gasteiger partial charge in [0, 0.05) is 45.2 Å². The van der Waals surface area contributed by atoms with Crippen molar-refractivity contribution in [2.75, 3.05) is 32.8 Å². The molecule has 0 spiro atoms. The largest absolute Gasteiger partial charge is 0.388 e. The molecule has 288 valence electrons. The van der Waals surface area contributed by atoms with Crippen molar-refractivity contribution in [3.8, 4) is 0 Å². The Labute approximate surface area is 290 Å². The second-order valence-corrected chi connectivity index (χ2v) is 12.4. The molecule has 10 N–H and O–H groups in total. The van der Waals surface area contributed by atoms with Gasteiger partial charge in [0.25, 0.3) is 0 Å². The third-order valence-corrected chi connectivity index (χ3v) is 8.30. The highest BCUT2D eigenvalue weighted by atomic mass is 16.7. The number of ketones is 2. The Kier molecular flexibility index (Phi) is 19.4. The summed E-state index contributed by atoms with van der Waals surface area (Å²) in [4.78, 5) is 61.8. The molecular weight excluding hydrogens is 668 g/mol. The monoisotopic (exact) mass is 722 g/mol. The summed E-state index contributed by atoms with van der Waals surface area (Å²) >= 11 is 0. The van der Waals surface area contributed by atoms with Crippen LogP contribution in [-0.4, -0.2) is 154 Å². The summed E-state index contributed by atoms with van der Waals surface area (Å²) in [5.41, 5.74) is 4.95. The second-order valence-electron chi connectivity index (χ2n) is 12.4. The van der Waals surface area contributed by atoms with Crippen molar-refractivity contribution in [1.29, 1.82) is 0 Å². The summed E-state index contributed by atoms with van der Waals surface area (Å²) in [5.74, 6) is -3.03. The van der Waals surface area contributed by atoms with E-state index in [1.807, 2.05) is 0 Å². The van der Waals surface area contributed by atoms with E-state index in [-0.39, 0.29) is 76.0 Å². The normalized spacial score (nSPS) is 30.3. The van der Waals surface area contributed by atoms with Crippen molar-refractivity contribution >= 4 is 29.3 Å². The molecule has 2 aliphatic rings. The third-order valence-electron chi connectivity index (χ3n) is 8.30. The second kappa shape index (κ2) is 22.3. The van der Waals surface area contributed by atoms with Crippen molar-refractivity contribution in [2.45, 2.75) is 127 Å². The molecule has 0 aromatic rings. The molecule has 2 heterocycles. The van der Waals surface area contributed by atoms with Gasteiger partial charge in [0.15, 0.2) is 12.6 Å². The first-order valence-electron chi connectivity index (χ1n) is 16.9. The molecule has 2 rings (SSSR count). The highest BCUT2D eigenvalue weighted by Crippen LogP contribution is 2.23. The molecule has 0 aromatic carbocycles. The smallest absolute Gasteiger partial charge is 0.234 e. The highest BCUT2D eigenvalue weighted by Gasteiger charge is 2.43. The number of carbonyl (C=O) groups is 5. The Morgan fingerprint density at radius 1 is 0.660 bits per heavy atom. The SMILES string of the molecule is CCC(=O)CNNC(=O)CCCCC(=O)C[C@@H](CC(=O)NCCO[C@@H]1O[C@@H](C)[C@@H](O)[C@@H](O)[C@@H]1O)C(=O)NCCO[C@@H]1O[C@@H](C)[C@@H](O)[C@@H](O)[C@@H]1O. The minimum atomic E-state index is -1.53. The van der Waals surface area contributed by atoms with E-state index >= 15 is 0 Å². The first-order chi connectivity index (χ1) is 23.7. The number of nitrogens with one attached hydrogen (secondary N) is 4. The molecule has 0 aliphatic carbocycles. The Hall–Kier alpha value is -2.69. The van der Waals surface area contributed by atoms with E-state index in [9.17, 15) is 54.6 Å². The van der Waals surface area contributed by atoms with Crippen LogP contribution in [0.1, 0.15) is 65.7 Å². The molecule has 0 unspecified atom stereocenters. The molecular formula is C31H54N4O15. The fraction of sp³-hybridized carbons (Fsp3) is 0.839. The van der Waals surface area contributed by atoms with Crippen LogP contribution in [0.4, 0.5) is 0 Å². The minimum absolute atomic E-state index is 0.00611. The lowest BCUT2D eigenvalue weighted by atomic mass is 9.95. The number of ether oxygens (including phenoxy) is 4. The number of aliphatic hydroxyl groups is 6. The third kappa shape index (κ3) is 14.5. The zero-order chi connectivity index (χ0) is 37.4. The zero-order valence-corrected chi connectivity index (χ0v) is 28.7. The van der Waals surface area contributed by atoms with Gasteiger partial charge in [-0.05, 0) is 26.7 Å². The number of amides is 3. The van der Waals surface area contributed by atoms with E-state index in [1.54, 1.807) is 6.92 Å². The minimum Gasteiger partial charge on any atom is -0.388 e. The van der Waals surface area contributed by atoms with E-state index in [1.165, 1.54) is 13.8 Å². The zero-order valence-electron chi connectivity index (χ0n) is 28.7. The summed E-state index contributed by atoms with van der Waals surface area (Å²) in [6, 6.07) is 0.